The molecule has 1 aliphatic heterocycles. The van der Waals surface area contributed by atoms with E-state index in [9.17, 15) is 9.59 Å². The van der Waals surface area contributed by atoms with Crippen molar-refractivity contribution in [2.75, 3.05) is 17.2 Å². The molecule has 0 aliphatic carbocycles. The van der Waals surface area contributed by atoms with Gasteiger partial charge in [-0.1, -0.05) is 34.1 Å². The van der Waals surface area contributed by atoms with Gasteiger partial charge in [0.25, 0.3) is 5.91 Å². The Balaban J connectivity index is 1.35. The van der Waals surface area contributed by atoms with Crippen LogP contribution in [0, 0.1) is 0 Å². The van der Waals surface area contributed by atoms with Gasteiger partial charge in [0.1, 0.15) is 0 Å². The van der Waals surface area contributed by atoms with Gasteiger partial charge in [0.15, 0.2) is 5.82 Å². The van der Waals surface area contributed by atoms with E-state index in [0.29, 0.717) is 30.3 Å². The Kier molecular flexibility index (Phi) is 5.73. The van der Waals surface area contributed by atoms with Crippen molar-refractivity contribution in [1.29, 1.82) is 0 Å². The second kappa shape index (κ2) is 8.59. The van der Waals surface area contributed by atoms with Crippen LogP contribution in [0.5, 0.6) is 0 Å². The fourth-order valence-corrected chi connectivity index (χ4v) is 3.52. The molecule has 0 spiro atoms. The molecule has 8 heteroatoms. The van der Waals surface area contributed by atoms with Gasteiger partial charge >= 0.3 is 0 Å². The molecule has 29 heavy (non-hydrogen) atoms. The first-order chi connectivity index (χ1) is 14.1. The van der Waals surface area contributed by atoms with Crippen LogP contribution in [0.2, 0.25) is 0 Å². The number of H-pyrrole nitrogens is 1. The van der Waals surface area contributed by atoms with Crippen LogP contribution in [0.4, 0.5) is 11.5 Å². The molecule has 0 saturated carbocycles. The minimum Gasteiger partial charge on any atom is -0.376 e. The molecule has 0 radical (unpaired) electrons. The van der Waals surface area contributed by atoms with E-state index in [0.717, 1.165) is 27.7 Å². The summed E-state index contributed by atoms with van der Waals surface area (Å²) in [6, 6.07) is 14.4. The van der Waals surface area contributed by atoms with Crippen molar-refractivity contribution in [2.45, 2.75) is 19.4 Å². The van der Waals surface area contributed by atoms with E-state index in [-0.39, 0.29) is 18.2 Å². The lowest BCUT2D eigenvalue weighted by atomic mass is 10.1. The Morgan fingerprint density at radius 1 is 1.14 bits per heavy atom. The number of ether oxygens (including phenoxy) is 1. The highest BCUT2D eigenvalue weighted by atomic mass is 79.9. The zero-order valence-corrected chi connectivity index (χ0v) is 17.1. The largest absolute Gasteiger partial charge is 0.376 e. The van der Waals surface area contributed by atoms with Gasteiger partial charge in [0.2, 0.25) is 5.91 Å². The molecule has 0 fully saturated rings. The van der Waals surface area contributed by atoms with Crippen LogP contribution in [0.15, 0.2) is 53.0 Å². The number of aromatic amines is 1. The SMILES string of the molecule is O=C(Cc1ccc(NC(=O)c2cccc(Br)c2)cc1)Nc1n[nH]c2c1COCC2. The summed E-state index contributed by atoms with van der Waals surface area (Å²) in [6.45, 7) is 1.11. The third-order valence-corrected chi connectivity index (χ3v) is 5.11. The molecule has 1 aromatic heterocycles. The molecular weight excluding hydrogens is 436 g/mol. The second-order valence-electron chi connectivity index (χ2n) is 6.72. The average molecular weight is 455 g/mol. The number of benzene rings is 2. The van der Waals surface area contributed by atoms with Crippen LogP contribution >= 0.6 is 15.9 Å². The molecular formula is C21H19BrN4O3. The van der Waals surface area contributed by atoms with E-state index in [1.165, 1.54) is 0 Å². The van der Waals surface area contributed by atoms with Crippen LogP contribution in [0.3, 0.4) is 0 Å². The Morgan fingerprint density at radius 2 is 1.97 bits per heavy atom. The van der Waals surface area contributed by atoms with Gasteiger partial charge in [0, 0.05) is 33.4 Å². The lowest BCUT2D eigenvalue weighted by Crippen LogP contribution is -2.17. The van der Waals surface area contributed by atoms with E-state index in [2.05, 4.69) is 36.8 Å². The van der Waals surface area contributed by atoms with Gasteiger partial charge in [-0.25, -0.2) is 0 Å². The Morgan fingerprint density at radius 3 is 2.76 bits per heavy atom. The van der Waals surface area contributed by atoms with Crippen molar-refractivity contribution < 1.29 is 14.3 Å². The maximum Gasteiger partial charge on any atom is 0.255 e. The first-order valence-corrected chi connectivity index (χ1v) is 9.97. The number of nitrogens with zero attached hydrogens (tertiary/aromatic N) is 1. The summed E-state index contributed by atoms with van der Waals surface area (Å²) in [6.07, 6.45) is 0.980. The molecule has 2 aromatic carbocycles. The van der Waals surface area contributed by atoms with Crippen LogP contribution in [-0.4, -0.2) is 28.6 Å². The van der Waals surface area contributed by atoms with Gasteiger partial charge in [-0.2, -0.15) is 5.10 Å². The molecule has 0 saturated heterocycles. The molecule has 7 nitrogen and oxygen atoms in total. The van der Waals surface area contributed by atoms with Crippen molar-refractivity contribution >= 4 is 39.2 Å². The Bertz CT molecular complexity index is 1050. The van der Waals surface area contributed by atoms with Crippen molar-refractivity contribution in [3.63, 3.8) is 0 Å². The number of hydrogen-bond donors (Lipinski definition) is 3. The van der Waals surface area contributed by atoms with Gasteiger partial charge in [0.05, 0.1) is 19.6 Å². The summed E-state index contributed by atoms with van der Waals surface area (Å²) < 4.78 is 6.27. The highest BCUT2D eigenvalue weighted by Gasteiger charge is 2.18. The molecule has 2 amide bonds. The van der Waals surface area contributed by atoms with E-state index in [1.54, 1.807) is 24.3 Å². The predicted molar refractivity (Wildman–Crippen MR) is 113 cm³/mol. The maximum atomic E-state index is 12.4. The molecule has 3 aromatic rings. The highest BCUT2D eigenvalue weighted by Crippen LogP contribution is 2.22. The fraction of sp³-hybridized carbons (Fsp3) is 0.190. The first kappa shape index (κ1) is 19.4. The number of nitrogens with one attached hydrogen (secondary N) is 3. The normalized spacial score (nSPS) is 12.9. The zero-order valence-electron chi connectivity index (χ0n) is 15.5. The van der Waals surface area contributed by atoms with Crippen LogP contribution in [-0.2, 0) is 29.0 Å². The van der Waals surface area contributed by atoms with E-state index < -0.39 is 0 Å². The van der Waals surface area contributed by atoms with Crippen molar-refractivity contribution in [2.24, 2.45) is 0 Å². The summed E-state index contributed by atoms with van der Waals surface area (Å²) in [7, 11) is 0. The van der Waals surface area contributed by atoms with Crippen LogP contribution < -0.4 is 10.6 Å². The molecule has 0 unspecified atom stereocenters. The minimum atomic E-state index is -0.192. The third-order valence-electron chi connectivity index (χ3n) is 4.62. The quantitative estimate of drug-likeness (QED) is 0.547. The van der Waals surface area contributed by atoms with Crippen LogP contribution in [0.1, 0.15) is 27.2 Å². The second-order valence-corrected chi connectivity index (χ2v) is 7.63. The van der Waals surface area contributed by atoms with Gasteiger partial charge < -0.3 is 15.4 Å². The topological polar surface area (TPSA) is 96.1 Å². The number of carbonyl (C=O) groups excluding carboxylic acids is 2. The summed E-state index contributed by atoms with van der Waals surface area (Å²) in [4.78, 5) is 24.7. The molecule has 0 bridgehead atoms. The van der Waals surface area contributed by atoms with Gasteiger partial charge in [-0.3, -0.25) is 14.7 Å². The molecule has 148 valence electrons. The zero-order chi connectivity index (χ0) is 20.2. The van der Waals surface area contributed by atoms with Crippen molar-refractivity contribution in [3.05, 3.63) is 75.4 Å². The maximum absolute atomic E-state index is 12.4. The number of amides is 2. The predicted octanol–water partition coefficient (Wildman–Crippen LogP) is 3.68. The number of carbonyl (C=O) groups is 2. The summed E-state index contributed by atoms with van der Waals surface area (Å²) in [5.41, 5.74) is 3.99. The summed E-state index contributed by atoms with van der Waals surface area (Å²) in [5.74, 6) is 0.181. The lowest BCUT2D eigenvalue weighted by Gasteiger charge is -2.12. The highest BCUT2D eigenvalue weighted by molar-refractivity contribution is 9.10. The number of fused-ring (bicyclic) bond motifs is 1. The number of aromatic nitrogens is 2. The standard InChI is InChI=1S/C21H19BrN4O3/c22-15-3-1-2-14(11-15)21(28)23-16-6-4-13(5-7-16)10-19(27)24-20-17-12-29-9-8-18(17)25-26-20/h1-7,11H,8-10,12H2,(H,23,28)(H2,24,25,26,27). The van der Waals surface area contributed by atoms with Crippen molar-refractivity contribution in [1.82, 2.24) is 10.2 Å². The smallest absolute Gasteiger partial charge is 0.255 e. The number of rotatable bonds is 5. The number of hydrogen-bond acceptors (Lipinski definition) is 4. The third kappa shape index (κ3) is 4.72. The number of halogens is 1. The molecule has 3 N–H and O–H groups in total. The van der Waals surface area contributed by atoms with E-state index in [4.69, 9.17) is 4.74 Å². The fourth-order valence-electron chi connectivity index (χ4n) is 3.12. The summed E-state index contributed by atoms with van der Waals surface area (Å²) >= 11 is 3.36. The van der Waals surface area contributed by atoms with Crippen LogP contribution in [0.25, 0.3) is 0 Å². The summed E-state index contributed by atoms with van der Waals surface area (Å²) in [5, 5.41) is 12.8. The Labute approximate surface area is 176 Å². The first-order valence-electron chi connectivity index (χ1n) is 9.18. The van der Waals surface area contributed by atoms with Crippen molar-refractivity contribution in [3.8, 4) is 0 Å². The molecule has 1 aliphatic rings. The average Bonchev–Trinajstić information content (AvgIpc) is 3.12. The molecule has 4 rings (SSSR count). The van der Waals surface area contributed by atoms with E-state index in [1.807, 2.05) is 24.3 Å². The molecule has 0 atom stereocenters. The van der Waals surface area contributed by atoms with Gasteiger partial charge in [-0.15, -0.1) is 0 Å². The Hall–Kier alpha value is -2.97. The molecule has 2 heterocycles. The minimum absolute atomic E-state index is 0.157. The van der Waals surface area contributed by atoms with Gasteiger partial charge in [-0.05, 0) is 35.9 Å². The number of anilines is 2. The lowest BCUT2D eigenvalue weighted by molar-refractivity contribution is -0.115. The van der Waals surface area contributed by atoms with E-state index >= 15 is 0 Å². The monoisotopic (exact) mass is 454 g/mol.